The highest BCUT2D eigenvalue weighted by Crippen LogP contribution is 2.27. The summed E-state index contributed by atoms with van der Waals surface area (Å²) in [6.45, 7) is 0. The Labute approximate surface area is 273 Å². The number of hydrogen-bond donors (Lipinski definition) is 3. The van der Waals surface area contributed by atoms with Crippen LogP contribution in [0.1, 0.15) is 15.9 Å². The van der Waals surface area contributed by atoms with Crippen molar-refractivity contribution < 1.29 is 19.1 Å². The number of aromatic nitrogens is 1. The maximum atomic E-state index is 13.3. The first-order chi connectivity index (χ1) is 21.9. The molecule has 3 amide bonds. The number of carbonyl (C=O) groups excluding carboxylic acids is 3. The number of methoxy groups -OCH3 is 1. The Balaban J connectivity index is 1.18. The molecule has 0 spiro atoms. The van der Waals surface area contributed by atoms with Gasteiger partial charge in [-0.3, -0.25) is 14.4 Å². The second-order valence-corrected chi connectivity index (χ2v) is 11.8. The average molecular weight is 655 g/mol. The molecule has 11 heteroatoms. The van der Waals surface area contributed by atoms with Crippen LogP contribution in [0.25, 0.3) is 17.3 Å². The van der Waals surface area contributed by atoms with Crippen molar-refractivity contribution >= 4 is 69.3 Å². The predicted octanol–water partition coefficient (Wildman–Crippen LogP) is 7.61. The minimum Gasteiger partial charge on any atom is -0.497 e. The summed E-state index contributed by atoms with van der Waals surface area (Å²) in [7, 11) is 1.62. The molecule has 45 heavy (non-hydrogen) atoms. The normalized spacial score (nSPS) is 11.0. The molecule has 4 aromatic carbocycles. The van der Waals surface area contributed by atoms with E-state index in [1.807, 2.05) is 29.6 Å². The van der Waals surface area contributed by atoms with E-state index in [0.29, 0.717) is 27.0 Å². The molecule has 0 aliphatic rings. The van der Waals surface area contributed by atoms with Crippen LogP contribution in [0.5, 0.6) is 5.75 Å². The molecule has 0 atom stereocenters. The van der Waals surface area contributed by atoms with E-state index in [9.17, 15) is 14.4 Å². The molecular weight excluding hydrogens is 628 g/mol. The van der Waals surface area contributed by atoms with Gasteiger partial charge in [0.2, 0.25) is 5.91 Å². The quantitative estimate of drug-likeness (QED) is 0.0999. The first-order valence-corrected chi connectivity index (χ1v) is 15.9. The summed E-state index contributed by atoms with van der Waals surface area (Å²) in [6.07, 6.45) is 1.53. The number of hydrogen-bond acceptors (Lipinski definition) is 7. The van der Waals surface area contributed by atoms with E-state index >= 15 is 0 Å². The fraction of sp³-hybridized carbons (Fsp3) is 0.0588. The standard InChI is InChI=1S/C34H27ClN4O4S2/c1-43-26-15-11-22(12-16-26)30-20-45-34(38-30)39-31(40)21-44-27-17-13-25(14-18-27)36-33(42)29(19-24-9-5-6-10-28(24)35)37-32(41)23-7-3-2-4-8-23/h2-20H,21H2,1H3,(H,36,42)(H,37,41)(H,38,39,40)/b29-19-. The highest BCUT2D eigenvalue weighted by Gasteiger charge is 2.16. The van der Waals surface area contributed by atoms with Crippen molar-refractivity contribution in [3.05, 3.63) is 130 Å². The van der Waals surface area contributed by atoms with Gasteiger partial charge in [-0.15, -0.1) is 23.1 Å². The second kappa shape index (κ2) is 15.2. The van der Waals surface area contributed by atoms with Crippen molar-refractivity contribution in [1.29, 1.82) is 0 Å². The molecule has 0 radical (unpaired) electrons. The van der Waals surface area contributed by atoms with Gasteiger partial charge in [-0.2, -0.15) is 0 Å². The van der Waals surface area contributed by atoms with E-state index in [-0.39, 0.29) is 17.4 Å². The molecule has 0 fully saturated rings. The molecule has 0 saturated heterocycles. The molecule has 226 valence electrons. The van der Waals surface area contributed by atoms with Gasteiger partial charge in [0.25, 0.3) is 11.8 Å². The smallest absolute Gasteiger partial charge is 0.272 e. The number of rotatable bonds is 11. The summed E-state index contributed by atoms with van der Waals surface area (Å²) in [4.78, 5) is 44.1. The number of thioether (sulfide) groups is 1. The Morgan fingerprint density at radius 3 is 2.31 bits per heavy atom. The van der Waals surface area contributed by atoms with E-state index in [2.05, 4.69) is 20.9 Å². The van der Waals surface area contributed by atoms with Crippen LogP contribution in [0.2, 0.25) is 5.02 Å². The molecule has 3 N–H and O–H groups in total. The molecule has 5 rings (SSSR count). The van der Waals surface area contributed by atoms with Crippen molar-refractivity contribution in [1.82, 2.24) is 10.3 Å². The van der Waals surface area contributed by atoms with Gasteiger partial charge in [0.1, 0.15) is 11.4 Å². The fourth-order valence-corrected chi connectivity index (χ4v) is 5.68. The Bertz CT molecular complexity index is 1830. The molecule has 0 bridgehead atoms. The van der Waals surface area contributed by atoms with Gasteiger partial charge < -0.3 is 20.7 Å². The summed E-state index contributed by atoms with van der Waals surface area (Å²) in [5, 5.41) is 11.2. The molecule has 0 saturated carbocycles. The van der Waals surface area contributed by atoms with Gasteiger partial charge in [-0.1, -0.05) is 48.0 Å². The fourth-order valence-electron chi connectivity index (χ4n) is 4.05. The molecule has 0 aliphatic carbocycles. The van der Waals surface area contributed by atoms with Crippen molar-refractivity contribution in [2.75, 3.05) is 23.5 Å². The third-order valence-corrected chi connectivity index (χ3v) is 8.47. The number of benzene rings is 4. The van der Waals surface area contributed by atoms with Gasteiger partial charge >= 0.3 is 0 Å². The number of amides is 3. The van der Waals surface area contributed by atoms with E-state index < -0.39 is 11.8 Å². The molecule has 1 aromatic heterocycles. The van der Waals surface area contributed by atoms with Gasteiger partial charge in [-0.25, -0.2) is 4.98 Å². The third kappa shape index (κ3) is 8.82. The Kier molecular flexibility index (Phi) is 10.7. The van der Waals surface area contributed by atoms with Crippen molar-refractivity contribution in [2.45, 2.75) is 4.90 Å². The van der Waals surface area contributed by atoms with Gasteiger partial charge in [0.05, 0.1) is 18.6 Å². The zero-order chi connectivity index (χ0) is 31.6. The molecule has 1 heterocycles. The van der Waals surface area contributed by atoms with Gasteiger partial charge in [-0.05, 0) is 78.4 Å². The molecule has 5 aromatic rings. The molecular formula is C34H27ClN4O4S2. The number of carbonyl (C=O) groups is 3. The summed E-state index contributed by atoms with van der Waals surface area (Å²) >= 11 is 9.02. The lowest BCUT2D eigenvalue weighted by Gasteiger charge is -2.12. The number of nitrogens with zero attached hydrogens (tertiary/aromatic N) is 1. The van der Waals surface area contributed by atoms with Crippen LogP contribution in [-0.2, 0) is 9.59 Å². The van der Waals surface area contributed by atoms with Crippen molar-refractivity contribution in [2.24, 2.45) is 0 Å². The Morgan fingerprint density at radius 1 is 0.889 bits per heavy atom. The lowest BCUT2D eigenvalue weighted by Crippen LogP contribution is -2.30. The number of anilines is 2. The van der Waals surface area contributed by atoms with Crippen LogP contribution in [0.3, 0.4) is 0 Å². The van der Waals surface area contributed by atoms with Crippen molar-refractivity contribution in [3.8, 4) is 17.0 Å². The predicted molar refractivity (Wildman–Crippen MR) is 182 cm³/mol. The number of thiazole rings is 1. The van der Waals surface area contributed by atoms with E-state index in [1.165, 1.54) is 29.2 Å². The lowest BCUT2D eigenvalue weighted by atomic mass is 10.1. The van der Waals surface area contributed by atoms with E-state index in [1.54, 1.807) is 86.0 Å². The summed E-state index contributed by atoms with van der Waals surface area (Å²) in [5.74, 6) is -0.187. The molecule has 8 nitrogen and oxygen atoms in total. The zero-order valence-electron chi connectivity index (χ0n) is 24.0. The Morgan fingerprint density at radius 2 is 1.60 bits per heavy atom. The van der Waals surface area contributed by atoms with Crippen LogP contribution in [0.4, 0.5) is 10.8 Å². The average Bonchev–Trinajstić information content (AvgIpc) is 3.53. The van der Waals surface area contributed by atoms with Crippen LogP contribution in [0.15, 0.2) is 119 Å². The highest BCUT2D eigenvalue weighted by atomic mass is 35.5. The Hall–Kier alpha value is -4.90. The second-order valence-electron chi connectivity index (χ2n) is 9.48. The first kappa shape index (κ1) is 31.5. The van der Waals surface area contributed by atoms with Gasteiger partial charge in [0, 0.05) is 32.1 Å². The minimum absolute atomic E-state index is 0.0319. The zero-order valence-corrected chi connectivity index (χ0v) is 26.3. The van der Waals surface area contributed by atoms with Crippen LogP contribution in [-0.4, -0.2) is 35.6 Å². The largest absolute Gasteiger partial charge is 0.497 e. The SMILES string of the molecule is COc1ccc(-c2csc(NC(=O)CSc3ccc(NC(=O)/C(=C/c4ccccc4Cl)NC(=O)c4ccccc4)cc3)n2)cc1. The van der Waals surface area contributed by atoms with Gasteiger partial charge in [0.15, 0.2) is 5.13 Å². The minimum atomic E-state index is -0.517. The monoisotopic (exact) mass is 654 g/mol. The maximum absolute atomic E-state index is 13.3. The van der Waals surface area contributed by atoms with Crippen LogP contribution >= 0.6 is 34.7 Å². The van der Waals surface area contributed by atoms with Crippen LogP contribution < -0.4 is 20.7 Å². The number of halogens is 1. The number of ether oxygens (including phenoxy) is 1. The first-order valence-electron chi connectivity index (χ1n) is 13.6. The topological polar surface area (TPSA) is 109 Å². The maximum Gasteiger partial charge on any atom is 0.272 e. The summed E-state index contributed by atoms with van der Waals surface area (Å²) < 4.78 is 5.19. The van der Waals surface area contributed by atoms with E-state index in [0.717, 1.165) is 21.9 Å². The van der Waals surface area contributed by atoms with Crippen molar-refractivity contribution in [3.63, 3.8) is 0 Å². The number of nitrogens with one attached hydrogen (secondary N) is 3. The molecule has 0 unspecified atom stereocenters. The lowest BCUT2D eigenvalue weighted by molar-refractivity contribution is -0.114. The van der Waals surface area contributed by atoms with E-state index in [4.69, 9.17) is 16.3 Å². The summed E-state index contributed by atoms with van der Waals surface area (Å²) in [6, 6.07) is 30.3. The van der Waals surface area contributed by atoms with Crippen LogP contribution in [0, 0.1) is 0 Å². The summed E-state index contributed by atoms with van der Waals surface area (Å²) in [5.41, 5.74) is 3.24. The molecule has 0 aliphatic heterocycles. The third-order valence-electron chi connectivity index (χ3n) is 6.35. The highest BCUT2D eigenvalue weighted by molar-refractivity contribution is 8.00.